The summed E-state index contributed by atoms with van der Waals surface area (Å²) in [4.78, 5) is 34.9. The van der Waals surface area contributed by atoms with Gasteiger partial charge in [0.1, 0.15) is 5.78 Å². The van der Waals surface area contributed by atoms with E-state index in [1.54, 1.807) is 12.1 Å². The Balaban J connectivity index is 1.86. The molecule has 0 fully saturated rings. The SMILES string of the molecule is Cc1ccccc1NC(=O)Nc1ccc(C(C)C(=O)CCCCC(=O)O)cc1. The summed E-state index contributed by atoms with van der Waals surface area (Å²) >= 11 is 0. The van der Waals surface area contributed by atoms with Gasteiger partial charge in [0.25, 0.3) is 0 Å². The zero-order valence-electron chi connectivity index (χ0n) is 16.2. The molecule has 0 aromatic heterocycles. The number of aliphatic carboxylic acids is 1. The Morgan fingerprint density at radius 2 is 1.57 bits per heavy atom. The lowest BCUT2D eigenvalue weighted by Gasteiger charge is -2.13. The Morgan fingerprint density at radius 3 is 2.21 bits per heavy atom. The zero-order chi connectivity index (χ0) is 20.5. The molecule has 6 nitrogen and oxygen atoms in total. The molecule has 0 saturated carbocycles. The van der Waals surface area contributed by atoms with Crippen molar-refractivity contribution in [2.24, 2.45) is 0 Å². The molecule has 2 rings (SSSR count). The smallest absolute Gasteiger partial charge is 0.323 e. The van der Waals surface area contributed by atoms with Crippen LogP contribution in [-0.4, -0.2) is 22.9 Å². The van der Waals surface area contributed by atoms with Crippen LogP contribution in [0.3, 0.4) is 0 Å². The lowest BCUT2D eigenvalue weighted by molar-refractivity contribution is -0.137. The highest BCUT2D eigenvalue weighted by Gasteiger charge is 2.15. The minimum Gasteiger partial charge on any atom is -0.481 e. The van der Waals surface area contributed by atoms with Crippen molar-refractivity contribution in [3.05, 3.63) is 59.7 Å². The van der Waals surface area contributed by atoms with Crippen molar-refractivity contribution in [3.8, 4) is 0 Å². The molecule has 2 aromatic carbocycles. The number of urea groups is 1. The van der Waals surface area contributed by atoms with Crippen LogP contribution >= 0.6 is 0 Å². The number of Topliss-reactive ketones (excluding diaryl/α,β-unsaturated/α-hetero) is 1. The van der Waals surface area contributed by atoms with Crippen molar-refractivity contribution < 1.29 is 19.5 Å². The van der Waals surface area contributed by atoms with E-state index in [0.717, 1.165) is 16.8 Å². The number of hydrogen-bond donors (Lipinski definition) is 3. The summed E-state index contributed by atoms with van der Waals surface area (Å²) in [7, 11) is 0. The van der Waals surface area contributed by atoms with Gasteiger partial charge >= 0.3 is 12.0 Å². The highest BCUT2D eigenvalue weighted by molar-refractivity contribution is 6.00. The molecule has 2 amide bonds. The van der Waals surface area contributed by atoms with E-state index in [9.17, 15) is 14.4 Å². The fourth-order valence-corrected chi connectivity index (χ4v) is 2.83. The van der Waals surface area contributed by atoms with Gasteiger partial charge in [-0.1, -0.05) is 37.3 Å². The van der Waals surface area contributed by atoms with Gasteiger partial charge in [-0.3, -0.25) is 9.59 Å². The highest BCUT2D eigenvalue weighted by Crippen LogP contribution is 2.21. The number of unbranched alkanes of at least 4 members (excludes halogenated alkanes) is 1. The minimum absolute atomic E-state index is 0.0865. The number of para-hydroxylation sites is 1. The monoisotopic (exact) mass is 382 g/mol. The predicted octanol–water partition coefficient (Wildman–Crippen LogP) is 4.96. The molecular weight excluding hydrogens is 356 g/mol. The summed E-state index contributed by atoms with van der Waals surface area (Å²) < 4.78 is 0. The third-order valence-electron chi connectivity index (χ3n) is 4.61. The number of carboxylic acids is 1. The number of hydrogen-bond acceptors (Lipinski definition) is 3. The van der Waals surface area contributed by atoms with Gasteiger partial charge in [0.15, 0.2) is 0 Å². The number of carbonyl (C=O) groups excluding carboxylic acids is 2. The first kappa shape index (κ1) is 21.2. The summed E-state index contributed by atoms with van der Waals surface area (Å²) in [6.45, 7) is 3.76. The van der Waals surface area contributed by atoms with E-state index in [2.05, 4.69) is 10.6 Å². The van der Waals surface area contributed by atoms with Crippen LogP contribution in [0.5, 0.6) is 0 Å². The average Bonchev–Trinajstić information content (AvgIpc) is 2.66. The quantitative estimate of drug-likeness (QED) is 0.534. The second kappa shape index (κ2) is 10.3. The number of aryl methyl sites for hydroxylation is 1. The van der Waals surface area contributed by atoms with Gasteiger partial charge in [-0.05, 0) is 49.1 Å². The molecule has 1 atom stereocenters. The first-order valence-electron chi connectivity index (χ1n) is 9.35. The minimum atomic E-state index is -0.838. The van der Waals surface area contributed by atoms with Gasteiger partial charge < -0.3 is 15.7 Å². The number of benzene rings is 2. The molecule has 0 aliphatic heterocycles. The largest absolute Gasteiger partial charge is 0.481 e. The van der Waals surface area contributed by atoms with E-state index in [1.165, 1.54) is 0 Å². The Hall–Kier alpha value is -3.15. The molecule has 3 N–H and O–H groups in total. The predicted molar refractivity (Wildman–Crippen MR) is 110 cm³/mol. The Morgan fingerprint density at radius 1 is 0.929 bits per heavy atom. The summed E-state index contributed by atoms with van der Waals surface area (Å²) in [5, 5.41) is 14.2. The molecule has 1 unspecified atom stereocenters. The third-order valence-corrected chi connectivity index (χ3v) is 4.61. The number of carbonyl (C=O) groups is 3. The van der Waals surface area contributed by atoms with E-state index in [4.69, 9.17) is 5.11 Å². The first-order valence-corrected chi connectivity index (χ1v) is 9.35. The zero-order valence-corrected chi connectivity index (χ0v) is 16.2. The second-order valence-electron chi connectivity index (χ2n) is 6.80. The molecule has 0 aliphatic carbocycles. The maximum absolute atomic E-state index is 12.3. The van der Waals surface area contributed by atoms with Crippen LogP contribution in [0.15, 0.2) is 48.5 Å². The second-order valence-corrected chi connectivity index (χ2v) is 6.80. The van der Waals surface area contributed by atoms with Crippen molar-refractivity contribution >= 4 is 29.2 Å². The molecule has 0 radical (unpaired) electrons. The Bertz CT molecular complexity index is 831. The molecule has 28 heavy (non-hydrogen) atoms. The number of nitrogens with one attached hydrogen (secondary N) is 2. The number of ketones is 1. The Labute approximate surface area is 165 Å². The fourth-order valence-electron chi connectivity index (χ4n) is 2.83. The van der Waals surface area contributed by atoms with Crippen LogP contribution in [0.4, 0.5) is 16.2 Å². The van der Waals surface area contributed by atoms with Crippen molar-refractivity contribution in [2.75, 3.05) is 10.6 Å². The standard InChI is InChI=1S/C22H26N2O4/c1-15-7-3-4-8-19(15)24-22(28)23-18-13-11-17(12-14-18)16(2)20(25)9-5-6-10-21(26)27/h3-4,7-8,11-14,16H,5-6,9-10H2,1-2H3,(H,26,27)(H2,23,24,28). The molecule has 6 heteroatoms. The maximum atomic E-state index is 12.3. The van der Waals surface area contributed by atoms with E-state index >= 15 is 0 Å². The third kappa shape index (κ3) is 6.54. The number of carboxylic acid groups (broad SMARTS) is 1. The summed E-state index contributed by atoms with van der Waals surface area (Å²) in [5.74, 6) is -1.02. The summed E-state index contributed by atoms with van der Waals surface area (Å²) in [6.07, 6.45) is 1.54. The molecule has 0 saturated heterocycles. The van der Waals surface area contributed by atoms with E-state index < -0.39 is 5.97 Å². The fraction of sp³-hybridized carbons (Fsp3) is 0.318. The summed E-state index contributed by atoms with van der Waals surface area (Å²) in [6, 6.07) is 14.4. The van der Waals surface area contributed by atoms with Crippen molar-refractivity contribution in [2.45, 2.75) is 45.4 Å². The van der Waals surface area contributed by atoms with E-state index in [-0.39, 0.29) is 24.2 Å². The molecule has 0 aliphatic rings. The topological polar surface area (TPSA) is 95.5 Å². The van der Waals surface area contributed by atoms with Crippen LogP contribution in [0, 0.1) is 6.92 Å². The normalized spacial score (nSPS) is 11.5. The number of rotatable bonds is 9. The lowest BCUT2D eigenvalue weighted by Crippen LogP contribution is -2.20. The van der Waals surface area contributed by atoms with Crippen molar-refractivity contribution in [3.63, 3.8) is 0 Å². The van der Waals surface area contributed by atoms with Gasteiger partial charge in [0.2, 0.25) is 0 Å². The van der Waals surface area contributed by atoms with Crippen LogP contribution < -0.4 is 10.6 Å². The molecule has 0 heterocycles. The molecule has 148 valence electrons. The molecule has 0 bridgehead atoms. The van der Waals surface area contributed by atoms with Crippen molar-refractivity contribution in [1.29, 1.82) is 0 Å². The van der Waals surface area contributed by atoms with Gasteiger partial charge in [-0.2, -0.15) is 0 Å². The molecular formula is C22H26N2O4. The number of anilines is 2. The maximum Gasteiger partial charge on any atom is 0.323 e. The molecule has 2 aromatic rings. The first-order chi connectivity index (χ1) is 13.4. The van der Waals surface area contributed by atoms with Gasteiger partial charge in [-0.15, -0.1) is 0 Å². The van der Waals surface area contributed by atoms with Crippen LogP contribution in [0.2, 0.25) is 0 Å². The Kier molecular flexibility index (Phi) is 7.75. The van der Waals surface area contributed by atoms with Crippen LogP contribution in [0.25, 0.3) is 0 Å². The van der Waals surface area contributed by atoms with Crippen LogP contribution in [-0.2, 0) is 9.59 Å². The van der Waals surface area contributed by atoms with Crippen molar-refractivity contribution in [1.82, 2.24) is 0 Å². The highest BCUT2D eigenvalue weighted by atomic mass is 16.4. The molecule has 0 spiro atoms. The summed E-state index contributed by atoms with van der Waals surface area (Å²) in [5.41, 5.74) is 3.23. The van der Waals surface area contributed by atoms with E-state index in [0.29, 0.717) is 24.9 Å². The number of amides is 2. The average molecular weight is 382 g/mol. The van der Waals surface area contributed by atoms with E-state index in [1.807, 2.05) is 50.2 Å². The van der Waals surface area contributed by atoms with Gasteiger partial charge in [-0.25, -0.2) is 4.79 Å². The van der Waals surface area contributed by atoms with Gasteiger partial charge in [0.05, 0.1) is 0 Å². The van der Waals surface area contributed by atoms with Crippen LogP contribution in [0.1, 0.15) is 49.7 Å². The van der Waals surface area contributed by atoms with Gasteiger partial charge in [0, 0.05) is 30.1 Å². The lowest BCUT2D eigenvalue weighted by atomic mass is 9.93.